The van der Waals surface area contributed by atoms with Crippen molar-refractivity contribution in [3.63, 3.8) is 0 Å². The van der Waals surface area contributed by atoms with Gasteiger partial charge in [0.25, 0.3) is 0 Å². The van der Waals surface area contributed by atoms with Crippen molar-refractivity contribution in [3.05, 3.63) is 22.5 Å². The van der Waals surface area contributed by atoms with Crippen molar-refractivity contribution in [1.29, 1.82) is 0 Å². The zero-order chi connectivity index (χ0) is 14.8. The first-order valence-electron chi connectivity index (χ1n) is 7.98. The van der Waals surface area contributed by atoms with Crippen LogP contribution < -0.4 is 5.32 Å². The predicted molar refractivity (Wildman–Crippen MR) is 87.7 cm³/mol. The van der Waals surface area contributed by atoms with Crippen molar-refractivity contribution in [2.75, 3.05) is 6.54 Å². The number of nitrogens with one attached hydrogen (secondary N) is 1. The molecular formula is C16H24N4S. The number of aryl methyl sites for hydroxylation is 3. The topological polar surface area (TPSA) is 42.7 Å². The van der Waals surface area contributed by atoms with Gasteiger partial charge >= 0.3 is 0 Å². The van der Waals surface area contributed by atoms with E-state index < -0.39 is 0 Å². The maximum Gasteiger partial charge on any atom is 0.127 e. The molecule has 5 heteroatoms. The monoisotopic (exact) mass is 304 g/mol. The first-order chi connectivity index (χ1) is 10.2. The van der Waals surface area contributed by atoms with Gasteiger partial charge in [-0.2, -0.15) is 5.10 Å². The molecule has 1 aliphatic carbocycles. The molecule has 2 heterocycles. The summed E-state index contributed by atoms with van der Waals surface area (Å²) in [6.07, 6.45) is 7.85. The average Bonchev–Trinajstić information content (AvgIpc) is 3.07. The maximum absolute atomic E-state index is 4.93. The van der Waals surface area contributed by atoms with Gasteiger partial charge in [-0.3, -0.25) is 4.68 Å². The summed E-state index contributed by atoms with van der Waals surface area (Å²) in [5, 5.41) is 9.37. The van der Waals surface area contributed by atoms with Crippen molar-refractivity contribution >= 4 is 11.3 Å². The number of aromatic nitrogens is 3. The summed E-state index contributed by atoms with van der Waals surface area (Å²) in [6.45, 7) is 5.47. The fourth-order valence-corrected chi connectivity index (χ4v) is 4.28. The Kier molecular flexibility index (Phi) is 4.40. The van der Waals surface area contributed by atoms with Crippen molar-refractivity contribution in [3.8, 4) is 10.6 Å². The first-order valence-corrected chi connectivity index (χ1v) is 8.80. The molecule has 0 spiro atoms. The summed E-state index contributed by atoms with van der Waals surface area (Å²) in [5.74, 6) is 0. The highest BCUT2D eigenvalue weighted by molar-refractivity contribution is 7.15. The van der Waals surface area contributed by atoms with Crippen LogP contribution in [0, 0.1) is 0 Å². The number of rotatable bonds is 5. The van der Waals surface area contributed by atoms with Crippen molar-refractivity contribution < 1.29 is 0 Å². The quantitative estimate of drug-likeness (QED) is 0.919. The smallest absolute Gasteiger partial charge is 0.127 e. The van der Waals surface area contributed by atoms with E-state index >= 15 is 0 Å². The molecule has 0 fully saturated rings. The van der Waals surface area contributed by atoms with Crippen LogP contribution in [0.2, 0.25) is 0 Å². The molecule has 1 atom stereocenters. The highest BCUT2D eigenvalue weighted by Gasteiger charge is 2.25. The third-order valence-electron chi connectivity index (χ3n) is 4.06. The molecule has 0 saturated carbocycles. The molecular weight excluding hydrogens is 280 g/mol. The van der Waals surface area contributed by atoms with E-state index in [4.69, 9.17) is 4.98 Å². The van der Waals surface area contributed by atoms with Crippen LogP contribution in [-0.2, 0) is 19.9 Å². The number of fused-ring (bicyclic) bond motifs is 1. The van der Waals surface area contributed by atoms with E-state index in [1.165, 1.54) is 35.4 Å². The molecule has 114 valence electrons. The van der Waals surface area contributed by atoms with E-state index in [0.29, 0.717) is 6.04 Å². The third kappa shape index (κ3) is 2.90. The summed E-state index contributed by atoms with van der Waals surface area (Å²) in [5.41, 5.74) is 3.68. The van der Waals surface area contributed by atoms with Gasteiger partial charge in [-0.05, 0) is 38.6 Å². The van der Waals surface area contributed by atoms with Crippen LogP contribution >= 0.6 is 11.3 Å². The van der Waals surface area contributed by atoms with Crippen LogP contribution in [0.15, 0.2) is 6.20 Å². The standard InChI is InChI=1S/C16H24N4S/c1-4-9-17-13-7-6-8-14-15(13)21-16(18-14)11-10-20(3)19-12(11)5-2/h10,13,17H,4-9H2,1-3H3. The molecule has 0 bridgehead atoms. The molecule has 1 unspecified atom stereocenters. The van der Waals surface area contributed by atoms with Crippen molar-refractivity contribution in [2.24, 2.45) is 7.05 Å². The second-order valence-electron chi connectivity index (χ2n) is 5.75. The Balaban J connectivity index is 1.93. The van der Waals surface area contributed by atoms with Gasteiger partial charge in [-0.25, -0.2) is 4.98 Å². The molecule has 0 amide bonds. The molecule has 0 radical (unpaired) electrons. The Morgan fingerprint density at radius 3 is 3.05 bits per heavy atom. The van der Waals surface area contributed by atoms with Crippen LogP contribution in [-0.4, -0.2) is 21.3 Å². The van der Waals surface area contributed by atoms with Gasteiger partial charge in [0.2, 0.25) is 0 Å². The Bertz CT molecular complexity index is 614. The van der Waals surface area contributed by atoms with Gasteiger partial charge in [0, 0.05) is 24.2 Å². The molecule has 21 heavy (non-hydrogen) atoms. The Labute approximate surface area is 130 Å². The SMILES string of the molecule is CCCNC1CCCc2nc(-c3cn(C)nc3CC)sc21. The highest BCUT2D eigenvalue weighted by atomic mass is 32.1. The molecule has 4 nitrogen and oxygen atoms in total. The molecule has 0 aliphatic heterocycles. The predicted octanol–water partition coefficient (Wildman–Crippen LogP) is 3.48. The van der Waals surface area contributed by atoms with E-state index in [1.807, 2.05) is 23.1 Å². The van der Waals surface area contributed by atoms with Gasteiger partial charge in [-0.1, -0.05) is 13.8 Å². The van der Waals surface area contributed by atoms with E-state index in [1.54, 1.807) is 0 Å². The lowest BCUT2D eigenvalue weighted by molar-refractivity contribution is 0.465. The normalized spacial score (nSPS) is 18.0. The largest absolute Gasteiger partial charge is 0.309 e. The first kappa shape index (κ1) is 14.7. The Morgan fingerprint density at radius 1 is 1.43 bits per heavy atom. The zero-order valence-corrected chi connectivity index (χ0v) is 14.0. The number of hydrogen-bond acceptors (Lipinski definition) is 4. The number of hydrogen-bond donors (Lipinski definition) is 1. The van der Waals surface area contributed by atoms with E-state index in [0.717, 1.165) is 30.1 Å². The van der Waals surface area contributed by atoms with Gasteiger partial charge in [0.05, 0.1) is 17.0 Å². The third-order valence-corrected chi connectivity index (χ3v) is 5.31. The molecule has 2 aromatic heterocycles. The van der Waals surface area contributed by atoms with Crippen LogP contribution in [0.25, 0.3) is 10.6 Å². The van der Waals surface area contributed by atoms with E-state index in [-0.39, 0.29) is 0 Å². The van der Waals surface area contributed by atoms with E-state index in [2.05, 4.69) is 30.5 Å². The van der Waals surface area contributed by atoms with Gasteiger partial charge in [0.1, 0.15) is 5.01 Å². The maximum atomic E-state index is 4.93. The molecule has 1 aliphatic rings. The van der Waals surface area contributed by atoms with Gasteiger partial charge in [0.15, 0.2) is 0 Å². The summed E-state index contributed by atoms with van der Waals surface area (Å²) in [6, 6.07) is 0.502. The van der Waals surface area contributed by atoms with Gasteiger partial charge < -0.3 is 5.32 Å². The second kappa shape index (κ2) is 6.28. The molecule has 2 aromatic rings. The lowest BCUT2D eigenvalue weighted by Crippen LogP contribution is -2.24. The van der Waals surface area contributed by atoms with Gasteiger partial charge in [-0.15, -0.1) is 11.3 Å². The van der Waals surface area contributed by atoms with Crippen molar-refractivity contribution in [2.45, 2.75) is 52.0 Å². The Morgan fingerprint density at radius 2 is 2.29 bits per heavy atom. The number of nitrogens with zero attached hydrogens (tertiary/aromatic N) is 3. The summed E-state index contributed by atoms with van der Waals surface area (Å²) in [7, 11) is 1.99. The fourth-order valence-electron chi connectivity index (χ4n) is 3.02. The summed E-state index contributed by atoms with van der Waals surface area (Å²) in [4.78, 5) is 6.38. The van der Waals surface area contributed by atoms with Crippen LogP contribution in [0.4, 0.5) is 0 Å². The number of thiazole rings is 1. The fraction of sp³-hybridized carbons (Fsp3) is 0.625. The molecule has 3 rings (SSSR count). The molecule has 0 aromatic carbocycles. The van der Waals surface area contributed by atoms with Crippen molar-refractivity contribution in [1.82, 2.24) is 20.1 Å². The van der Waals surface area contributed by atoms with Crippen LogP contribution in [0.1, 0.15) is 55.4 Å². The minimum absolute atomic E-state index is 0.502. The second-order valence-corrected chi connectivity index (χ2v) is 6.78. The molecule has 1 N–H and O–H groups in total. The van der Waals surface area contributed by atoms with Crippen LogP contribution in [0.5, 0.6) is 0 Å². The van der Waals surface area contributed by atoms with Crippen LogP contribution in [0.3, 0.4) is 0 Å². The lowest BCUT2D eigenvalue weighted by Gasteiger charge is -2.22. The average molecular weight is 304 g/mol. The Hall–Kier alpha value is -1.20. The molecule has 0 saturated heterocycles. The lowest BCUT2D eigenvalue weighted by atomic mass is 9.98. The highest BCUT2D eigenvalue weighted by Crippen LogP contribution is 2.38. The summed E-state index contributed by atoms with van der Waals surface area (Å²) >= 11 is 1.86. The summed E-state index contributed by atoms with van der Waals surface area (Å²) < 4.78 is 1.90. The minimum Gasteiger partial charge on any atom is -0.309 e. The van der Waals surface area contributed by atoms with E-state index in [9.17, 15) is 0 Å². The minimum atomic E-state index is 0.502. The zero-order valence-electron chi connectivity index (χ0n) is 13.1.